The van der Waals surface area contributed by atoms with Crippen molar-refractivity contribution in [2.45, 2.75) is 45.6 Å². The minimum atomic E-state index is -0.950. The number of carbonyl (C=O) groups is 3. The number of carboxylic acids is 1. The molecule has 6 heteroatoms. The van der Waals surface area contributed by atoms with Gasteiger partial charge >= 0.3 is 12.0 Å². The van der Waals surface area contributed by atoms with Gasteiger partial charge in [0.2, 0.25) is 5.91 Å². The van der Waals surface area contributed by atoms with Gasteiger partial charge in [-0.1, -0.05) is 13.8 Å². The molecule has 0 aromatic heterocycles. The molecule has 0 aliphatic heterocycles. The first-order chi connectivity index (χ1) is 8.21. The Morgan fingerprint density at radius 2 is 1.83 bits per heavy atom. The summed E-state index contributed by atoms with van der Waals surface area (Å²) in [5, 5.41) is 11.0. The molecule has 0 atom stereocenters. The van der Waals surface area contributed by atoms with Crippen molar-refractivity contribution < 1.29 is 19.5 Å². The van der Waals surface area contributed by atoms with Crippen molar-refractivity contribution in [3.8, 4) is 0 Å². The molecule has 0 radical (unpaired) electrons. The quantitative estimate of drug-likeness (QED) is 0.774. The van der Waals surface area contributed by atoms with Crippen LogP contribution in [0.2, 0.25) is 0 Å². The van der Waals surface area contributed by atoms with Gasteiger partial charge in [-0.15, -0.1) is 0 Å². The number of rotatable bonds is 5. The number of hydrogen-bond acceptors (Lipinski definition) is 3. The Labute approximate surface area is 106 Å². The average molecular weight is 256 g/mol. The van der Waals surface area contributed by atoms with Crippen molar-refractivity contribution >= 4 is 17.9 Å². The second kappa shape index (κ2) is 5.37. The van der Waals surface area contributed by atoms with Crippen molar-refractivity contribution in [2.24, 2.45) is 5.41 Å². The number of urea groups is 1. The summed E-state index contributed by atoms with van der Waals surface area (Å²) in [6, 6.07) is -0.168. The monoisotopic (exact) mass is 256 g/mol. The highest BCUT2D eigenvalue weighted by Gasteiger charge is 2.31. The van der Waals surface area contributed by atoms with E-state index >= 15 is 0 Å². The van der Waals surface area contributed by atoms with Gasteiger partial charge in [0, 0.05) is 19.5 Å². The molecule has 102 valence electrons. The highest BCUT2D eigenvalue weighted by atomic mass is 16.4. The molecule has 1 rings (SSSR count). The van der Waals surface area contributed by atoms with Gasteiger partial charge in [-0.2, -0.15) is 0 Å². The van der Waals surface area contributed by atoms with E-state index in [-0.39, 0.29) is 18.9 Å². The molecule has 18 heavy (non-hydrogen) atoms. The molecule has 2 N–H and O–H groups in total. The third-order valence-electron chi connectivity index (χ3n) is 2.93. The van der Waals surface area contributed by atoms with Crippen LogP contribution in [-0.4, -0.2) is 41.0 Å². The fraction of sp³-hybridized carbons (Fsp3) is 0.750. The Hall–Kier alpha value is -1.59. The maximum Gasteiger partial charge on any atom is 0.324 e. The smallest absolute Gasteiger partial charge is 0.324 e. The molecule has 0 heterocycles. The molecule has 0 bridgehead atoms. The largest absolute Gasteiger partial charge is 0.481 e. The van der Waals surface area contributed by atoms with Crippen LogP contribution in [-0.2, 0) is 9.59 Å². The van der Waals surface area contributed by atoms with Crippen LogP contribution in [0.5, 0.6) is 0 Å². The number of carbonyl (C=O) groups excluding carboxylic acids is 2. The Bertz CT molecular complexity index is 361. The van der Waals surface area contributed by atoms with Gasteiger partial charge in [0.15, 0.2) is 0 Å². The van der Waals surface area contributed by atoms with Crippen molar-refractivity contribution in [2.75, 3.05) is 7.05 Å². The van der Waals surface area contributed by atoms with Crippen LogP contribution >= 0.6 is 0 Å². The first kappa shape index (κ1) is 14.5. The molecular weight excluding hydrogens is 236 g/mol. The zero-order valence-electron chi connectivity index (χ0n) is 11.0. The third kappa shape index (κ3) is 4.73. The van der Waals surface area contributed by atoms with Gasteiger partial charge in [-0.3, -0.25) is 14.9 Å². The van der Waals surface area contributed by atoms with Gasteiger partial charge in [0.05, 0.1) is 6.42 Å². The fourth-order valence-electron chi connectivity index (χ4n) is 1.79. The second-order valence-electron chi connectivity index (χ2n) is 5.61. The predicted molar refractivity (Wildman–Crippen MR) is 65.0 cm³/mol. The number of aliphatic carboxylic acids is 1. The molecule has 1 aliphatic carbocycles. The Morgan fingerprint density at radius 1 is 1.28 bits per heavy atom. The second-order valence-corrected chi connectivity index (χ2v) is 5.61. The highest BCUT2D eigenvalue weighted by molar-refractivity contribution is 5.94. The number of nitrogens with zero attached hydrogens (tertiary/aromatic N) is 1. The highest BCUT2D eigenvalue weighted by Crippen LogP contribution is 2.26. The molecule has 0 spiro atoms. The number of carboxylic acid groups (broad SMARTS) is 1. The van der Waals surface area contributed by atoms with E-state index in [1.165, 1.54) is 4.90 Å². The van der Waals surface area contributed by atoms with Gasteiger partial charge in [0.25, 0.3) is 0 Å². The van der Waals surface area contributed by atoms with E-state index in [1.54, 1.807) is 20.9 Å². The van der Waals surface area contributed by atoms with Gasteiger partial charge in [-0.25, -0.2) is 4.79 Å². The van der Waals surface area contributed by atoms with Crippen molar-refractivity contribution in [3.63, 3.8) is 0 Å². The minimum Gasteiger partial charge on any atom is -0.481 e. The van der Waals surface area contributed by atoms with E-state index in [0.717, 1.165) is 12.8 Å². The lowest BCUT2D eigenvalue weighted by Crippen LogP contribution is -2.43. The zero-order valence-corrected chi connectivity index (χ0v) is 11.0. The molecule has 0 saturated heterocycles. The normalized spacial score (nSPS) is 15.1. The fourth-order valence-corrected chi connectivity index (χ4v) is 1.79. The van der Waals surface area contributed by atoms with E-state index in [4.69, 9.17) is 5.11 Å². The lowest BCUT2D eigenvalue weighted by atomic mass is 9.85. The lowest BCUT2D eigenvalue weighted by Gasteiger charge is -2.22. The van der Waals surface area contributed by atoms with Crippen LogP contribution < -0.4 is 5.32 Å². The minimum absolute atomic E-state index is 0.0174. The maximum atomic E-state index is 11.6. The Morgan fingerprint density at radius 3 is 2.28 bits per heavy atom. The number of nitrogens with one attached hydrogen (secondary N) is 1. The summed E-state index contributed by atoms with van der Waals surface area (Å²) in [5.74, 6) is -1.38. The van der Waals surface area contributed by atoms with Crippen molar-refractivity contribution in [3.05, 3.63) is 0 Å². The molecule has 1 fully saturated rings. The van der Waals surface area contributed by atoms with Gasteiger partial charge in [0.1, 0.15) is 0 Å². The van der Waals surface area contributed by atoms with Crippen LogP contribution in [0.25, 0.3) is 0 Å². The van der Waals surface area contributed by atoms with E-state index < -0.39 is 23.3 Å². The number of imide groups is 1. The van der Waals surface area contributed by atoms with Gasteiger partial charge in [-0.05, 0) is 18.3 Å². The van der Waals surface area contributed by atoms with Crippen LogP contribution in [0.4, 0.5) is 4.79 Å². The molecule has 1 saturated carbocycles. The maximum absolute atomic E-state index is 11.6. The van der Waals surface area contributed by atoms with Crippen molar-refractivity contribution in [1.29, 1.82) is 0 Å². The molecule has 0 aromatic rings. The predicted octanol–water partition coefficient (Wildman–Crippen LogP) is 1.21. The molecule has 0 unspecified atom stereocenters. The topological polar surface area (TPSA) is 86.7 Å². The van der Waals surface area contributed by atoms with E-state index in [1.807, 2.05) is 0 Å². The lowest BCUT2D eigenvalue weighted by molar-refractivity contribution is -0.139. The summed E-state index contributed by atoms with van der Waals surface area (Å²) in [6.07, 6.45) is 1.86. The number of hydrogen-bond donors (Lipinski definition) is 2. The SMILES string of the molecule is CN(C(=O)NC(=O)CC(C)(C)CC(=O)O)C1CC1. The van der Waals surface area contributed by atoms with Gasteiger partial charge < -0.3 is 10.0 Å². The third-order valence-corrected chi connectivity index (χ3v) is 2.93. The Balaban J connectivity index is 2.40. The summed E-state index contributed by atoms with van der Waals surface area (Å²) in [4.78, 5) is 35.4. The summed E-state index contributed by atoms with van der Waals surface area (Å²) in [6.45, 7) is 3.38. The van der Waals surface area contributed by atoms with Crippen LogP contribution in [0.1, 0.15) is 39.5 Å². The summed E-state index contributed by atoms with van der Waals surface area (Å²) in [5.41, 5.74) is -0.658. The molecule has 0 aromatic carbocycles. The summed E-state index contributed by atoms with van der Waals surface area (Å²) >= 11 is 0. The Kier molecular flexibility index (Phi) is 4.32. The number of amides is 3. The molecule has 1 aliphatic rings. The summed E-state index contributed by atoms with van der Waals surface area (Å²) < 4.78 is 0. The molecule has 6 nitrogen and oxygen atoms in total. The first-order valence-corrected chi connectivity index (χ1v) is 6.00. The standard InChI is InChI=1S/C12H20N2O4/c1-12(2,7-10(16)17)6-9(15)13-11(18)14(3)8-4-5-8/h8H,4-7H2,1-3H3,(H,16,17)(H,13,15,18). The van der Waals surface area contributed by atoms with E-state index in [9.17, 15) is 14.4 Å². The van der Waals surface area contributed by atoms with E-state index in [2.05, 4.69) is 5.32 Å². The molecule has 3 amide bonds. The van der Waals surface area contributed by atoms with Crippen molar-refractivity contribution in [1.82, 2.24) is 10.2 Å². The van der Waals surface area contributed by atoms with E-state index in [0.29, 0.717) is 0 Å². The molecular formula is C12H20N2O4. The summed E-state index contributed by atoms with van der Waals surface area (Å²) in [7, 11) is 1.66. The zero-order chi connectivity index (χ0) is 13.9. The average Bonchev–Trinajstić information content (AvgIpc) is 2.95. The van der Waals surface area contributed by atoms with Crippen LogP contribution in [0, 0.1) is 5.41 Å². The van der Waals surface area contributed by atoms with Crippen LogP contribution in [0.3, 0.4) is 0 Å². The first-order valence-electron chi connectivity index (χ1n) is 6.00. The van der Waals surface area contributed by atoms with Crippen LogP contribution in [0.15, 0.2) is 0 Å².